The Morgan fingerprint density at radius 1 is 0.912 bits per heavy atom. The van der Waals surface area contributed by atoms with Crippen molar-refractivity contribution in [2.45, 2.75) is 6.42 Å². The maximum absolute atomic E-state index is 12.6. The van der Waals surface area contributed by atoms with E-state index in [-0.39, 0.29) is 5.11 Å². The van der Waals surface area contributed by atoms with Crippen molar-refractivity contribution in [2.24, 2.45) is 0 Å². The van der Waals surface area contributed by atoms with Crippen LogP contribution in [0.4, 0.5) is 0 Å². The fraction of sp³-hybridized carbons (Fsp3) is 0.0800. The van der Waals surface area contributed by atoms with Gasteiger partial charge in [-0.1, -0.05) is 66.2 Å². The molecule has 0 fully saturated rings. The Hall–Kier alpha value is -3.46. The molecule has 3 aromatic carbocycles. The third-order valence-corrected chi connectivity index (χ3v) is 6.73. The van der Waals surface area contributed by atoms with Crippen LogP contribution in [0.3, 0.4) is 0 Å². The van der Waals surface area contributed by atoms with Crippen molar-refractivity contribution in [1.82, 2.24) is 16.2 Å². The molecule has 6 nitrogen and oxygen atoms in total. The van der Waals surface area contributed by atoms with Gasteiger partial charge in [0.25, 0.3) is 11.8 Å². The average molecular weight is 510 g/mol. The van der Waals surface area contributed by atoms with Crippen LogP contribution in [0.5, 0.6) is 5.75 Å². The highest BCUT2D eigenvalue weighted by Gasteiger charge is 2.17. The topological polar surface area (TPSA) is 79.5 Å². The van der Waals surface area contributed by atoms with E-state index in [2.05, 4.69) is 16.2 Å². The second-order valence-corrected chi connectivity index (χ2v) is 9.05. The fourth-order valence-electron chi connectivity index (χ4n) is 3.20. The molecule has 0 spiro atoms. The summed E-state index contributed by atoms with van der Waals surface area (Å²) in [5.74, 6) is -0.299. The Bertz CT molecular complexity index is 1340. The third-order valence-electron chi connectivity index (χ3n) is 4.86. The molecule has 0 aliphatic rings. The van der Waals surface area contributed by atoms with Gasteiger partial charge in [-0.2, -0.15) is 0 Å². The van der Waals surface area contributed by atoms with Crippen LogP contribution in [0, 0.1) is 0 Å². The fourth-order valence-corrected chi connectivity index (χ4v) is 4.75. The Balaban J connectivity index is 1.28. The molecule has 0 bridgehead atoms. The van der Waals surface area contributed by atoms with Gasteiger partial charge in [0, 0.05) is 22.1 Å². The molecule has 34 heavy (non-hydrogen) atoms. The zero-order valence-corrected chi connectivity index (χ0v) is 20.2. The lowest BCUT2D eigenvalue weighted by molar-refractivity contribution is 0.0938. The monoisotopic (exact) mass is 509 g/mol. The van der Waals surface area contributed by atoms with E-state index < -0.39 is 11.8 Å². The number of thiophene rings is 1. The van der Waals surface area contributed by atoms with Crippen molar-refractivity contribution in [3.63, 3.8) is 0 Å². The van der Waals surface area contributed by atoms with E-state index in [4.69, 9.17) is 28.6 Å². The number of hydrazine groups is 1. The first-order valence-corrected chi connectivity index (χ1v) is 12.0. The van der Waals surface area contributed by atoms with Gasteiger partial charge in [-0.15, -0.1) is 11.3 Å². The Morgan fingerprint density at radius 2 is 1.68 bits per heavy atom. The molecule has 0 aliphatic heterocycles. The molecule has 3 N–H and O–H groups in total. The molecule has 1 aromatic heterocycles. The van der Waals surface area contributed by atoms with Gasteiger partial charge in [0.05, 0.1) is 11.6 Å². The lowest BCUT2D eigenvalue weighted by Crippen LogP contribution is -2.48. The number of halogens is 1. The van der Waals surface area contributed by atoms with Gasteiger partial charge in [-0.25, -0.2) is 0 Å². The van der Waals surface area contributed by atoms with Crippen LogP contribution in [0.1, 0.15) is 25.6 Å². The number of hydrogen-bond donors (Lipinski definition) is 3. The Labute approximate surface area is 210 Å². The van der Waals surface area contributed by atoms with E-state index in [9.17, 15) is 9.59 Å². The van der Waals surface area contributed by atoms with Crippen molar-refractivity contribution in [3.8, 4) is 5.75 Å². The number of rotatable bonds is 6. The van der Waals surface area contributed by atoms with Gasteiger partial charge in [-0.3, -0.25) is 25.8 Å². The number of hydrogen-bond acceptors (Lipinski definition) is 5. The first-order chi connectivity index (χ1) is 16.5. The smallest absolute Gasteiger partial charge is 0.281 e. The molecular weight excluding hydrogens is 490 g/mol. The van der Waals surface area contributed by atoms with Crippen molar-refractivity contribution in [2.75, 3.05) is 6.61 Å². The molecule has 0 aliphatic carbocycles. The zero-order chi connectivity index (χ0) is 23.9. The van der Waals surface area contributed by atoms with Crippen LogP contribution in [-0.2, 0) is 6.42 Å². The summed E-state index contributed by atoms with van der Waals surface area (Å²) < 4.78 is 6.68. The standard InChI is InChI=1S/C25H20ClN3O3S2/c26-21-19-11-4-5-12-20(19)34-22(21)24(31)28-29-25(33)27-23(30)17-9-6-10-18(15-17)32-14-13-16-7-2-1-3-8-16/h1-12,15H,13-14H2,(H,28,31)(H2,27,29,30,33). The molecule has 4 aromatic rings. The number of thiocarbonyl (C=S) groups is 1. The number of nitrogens with one attached hydrogen (secondary N) is 3. The normalized spacial score (nSPS) is 10.5. The molecule has 0 saturated carbocycles. The lowest BCUT2D eigenvalue weighted by Gasteiger charge is -2.11. The maximum Gasteiger partial charge on any atom is 0.281 e. The van der Waals surface area contributed by atoms with Gasteiger partial charge in [0.2, 0.25) is 0 Å². The van der Waals surface area contributed by atoms with E-state index in [1.54, 1.807) is 24.3 Å². The van der Waals surface area contributed by atoms with Gasteiger partial charge < -0.3 is 4.74 Å². The second kappa shape index (κ2) is 11.1. The van der Waals surface area contributed by atoms with Crippen molar-refractivity contribution < 1.29 is 14.3 Å². The van der Waals surface area contributed by atoms with E-state index in [0.717, 1.165) is 16.5 Å². The summed E-state index contributed by atoms with van der Waals surface area (Å²) >= 11 is 12.7. The summed E-state index contributed by atoms with van der Waals surface area (Å²) in [4.78, 5) is 25.4. The number of ether oxygens (including phenoxy) is 1. The number of carbonyl (C=O) groups is 2. The van der Waals surface area contributed by atoms with E-state index in [0.29, 0.717) is 27.8 Å². The van der Waals surface area contributed by atoms with E-state index in [1.165, 1.54) is 16.9 Å². The Morgan fingerprint density at radius 3 is 2.47 bits per heavy atom. The minimum absolute atomic E-state index is 0.0500. The first kappa shape index (κ1) is 23.7. The molecule has 4 rings (SSSR count). The SMILES string of the molecule is O=C(NC(=S)NNC(=O)c1sc2ccccc2c1Cl)c1cccc(OCCc2ccccc2)c1. The largest absolute Gasteiger partial charge is 0.493 e. The molecule has 0 saturated heterocycles. The van der Waals surface area contributed by atoms with Crippen molar-refractivity contribution in [1.29, 1.82) is 0 Å². The van der Waals surface area contributed by atoms with Gasteiger partial charge >= 0.3 is 0 Å². The van der Waals surface area contributed by atoms with Crippen LogP contribution < -0.4 is 20.9 Å². The number of fused-ring (bicyclic) bond motifs is 1. The van der Waals surface area contributed by atoms with Crippen LogP contribution in [0.2, 0.25) is 5.02 Å². The van der Waals surface area contributed by atoms with Crippen LogP contribution in [0.25, 0.3) is 10.1 Å². The summed E-state index contributed by atoms with van der Waals surface area (Å²) in [6.07, 6.45) is 0.759. The number of amides is 2. The van der Waals surface area contributed by atoms with E-state index >= 15 is 0 Å². The van der Waals surface area contributed by atoms with Crippen LogP contribution in [0.15, 0.2) is 78.9 Å². The minimum atomic E-state index is -0.448. The summed E-state index contributed by atoms with van der Waals surface area (Å²) in [5.41, 5.74) is 6.55. The highest BCUT2D eigenvalue weighted by Crippen LogP contribution is 2.34. The van der Waals surface area contributed by atoms with Crippen molar-refractivity contribution in [3.05, 3.63) is 99.9 Å². The quantitative estimate of drug-likeness (QED) is 0.248. The number of carbonyl (C=O) groups excluding carboxylic acids is 2. The van der Waals surface area contributed by atoms with Gasteiger partial charge in [-0.05, 0) is 42.0 Å². The zero-order valence-electron chi connectivity index (χ0n) is 17.8. The summed E-state index contributed by atoms with van der Waals surface area (Å²) in [6.45, 7) is 0.487. The van der Waals surface area contributed by atoms with Gasteiger partial charge in [0.1, 0.15) is 10.6 Å². The van der Waals surface area contributed by atoms with Crippen LogP contribution in [-0.4, -0.2) is 23.5 Å². The van der Waals surface area contributed by atoms with Crippen molar-refractivity contribution >= 4 is 62.2 Å². The predicted octanol–water partition coefficient (Wildman–Crippen LogP) is 5.13. The Kier molecular flexibility index (Phi) is 7.74. The highest BCUT2D eigenvalue weighted by molar-refractivity contribution is 7.80. The molecule has 2 amide bonds. The predicted molar refractivity (Wildman–Crippen MR) is 140 cm³/mol. The molecule has 0 radical (unpaired) electrons. The third kappa shape index (κ3) is 5.91. The average Bonchev–Trinajstić information content (AvgIpc) is 3.20. The molecule has 1 heterocycles. The second-order valence-electron chi connectivity index (χ2n) is 7.22. The summed E-state index contributed by atoms with van der Waals surface area (Å²) in [6, 6.07) is 24.3. The van der Waals surface area contributed by atoms with Gasteiger partial charge in [0.15, 0.2) is 5.11 Å². The summed E-state index contributed by atoms with van der Waals surface area (Å²) in [7, 11) is 0. The maximum atomic E-state index is 12.6. The summed E-state index contributed by atoms with van der Waals surface area (Å²) in [5, 5.41) is 3.67. The molecule has 9 heteroatoms. The highest BCUT2D eigenvalue weighted by atomic mass is 35.5. The first-order valence-electron chi connectivity index (χ1n) is 10.4. The number of benzene rings is 3. The molecule has 172 valence electrons. The lowest BCUT2D eigenvalue weighted by atomic mass is 10.2. The molecule has 0 atom stereocenters. The molecular formula is C25H20ClN3O3S2. The van der Waals surface area contributed by atoms with E-state index in [1.807, 2.05) is 54.6 Å². The molecule has 0 unspecified atom stereocenters. The minimum Gasteiger partial charge on any atom is -0.493 e. The van der Waals surface area contributed by atoms with Crippen LogP contribution >= 0.6 is 35.2 Å².